The fraction of sp³-hybridized carbons (Fsp3) is 0.467. The minimum Gasteiger partial charge on any atom is -0.497 e. The summed E-state index contributed by atoms with van der Waals surface area (Å²) < 4.78 is 7.33. The van der Waals surface area contributed by atoms with Crippen LogP contribution in [0.1, 0.15) is 32.0 Å². The standard InChI is InChI=1S/C15H20N2O3/c1-3-4-9-17-13-6-5-11(20-2)10-12(13)16-14(17)7-8-15(18)19/h5-6,10H,3-4,7-9H2,1-2H3,(H,18,19). The minimum absolute atomic E-state index is 0.104. The van der Waals surface area contributed by atoms with Crippen molar-refractivity contribution in [3.63, 3.8) is 0 Å². The first-order valence-electron chi connectivity index (χ1n) is 6.90. The molecule has 0 amide bonds. The largest absolute Gasteiger partial charge is 0.497 e. The Labute approximate surface area is 118 Å². The predicted molar refractivity (Wildman–Crippen MR) is 77.1 cm³/mol. The van der Waals surface area contributed by atoms with Crippen LogP contribution in [0.2, 0.25) is 0 Å². The highest BCUT2D eigenvalue weighted by atomic mass is 16.5. The highest BCUT2D eigenvalue weighted by Gasteiger charge is 2.12. The Morgan fingerprint density at radius 3 is 2.90 bits per heavy atom. The van der Waals surface area contributed by atoms with Gasteiger partial charge >= 0.3 is 5.97 Å². The molecule has 2 rings (SSSR count). The first-order chi connectivity index (χ1) is 9.65. The van der Waals surface area contributed by atoms with Crippen LogP contribution in [0.4, 0.5) is 0 Å². The Morgan fingerprint density at radius 1 is 1.45 bits per heavy atom. The second-order valence-electron chi connectivity index (χ2n) is 4.78. The van der Waals surface area contributed by atoms with Gasteiger partial charge in [0.2, 0.25) is 0 Å². The normalized spacial score (nSPS) is 10.9. The van der Waals surface area contributed by atoms with E-state index >= 15 is 0 Å². The van der Waals surface area contributed by atoms with Crippen molar-refractivity contribution in [2.24, 2.45) is 0 Å². The first kappa shape index (κ1) is 14.4. The lowest BCUT2D eigenvalue weighted by Gasteiger charge is -2.08. The molecule has 0 bridgehead atoms. The number of carbonyl (C=O) groups is 1. The molecule has 0 radical (unpaired) electrons. The number of carboxylic acid groups (broad SMARTS) is 1. The van der Waals surface area contributed by atoms with Gasteiger partial charge in [0.15, 0.2) is 0 Å². The Balaban J connectivity index is 2.39. The third-order valence-electron chi connectivity index (χ3n) is 3.33. The van der Waals surface area contributed by atoms with Crippen molar-refractivity contribution in [2.45, 2.75) is 39.2 Å². The van der Waals surface area contributed by atoms with E-state index in [2.05, 4.69) is 16.5 Å². The first-order valence-corrected chi connectivity index (χ1v) is 6.90. The van der Waals surface area contributed by atoms with E-state index < -0.39 is 5.97 Å². The fourth-order valence-electron chi connectivity index (χ4n) is 2.26. The molecule has 0 fully saturated rings. The molecule has 0 aliphatic rings. The number of methoxy groups -OCH3 is 1. The summed E-state index contributed by atoms with van der Waals surface area (Å²) in [4.78, 5) is 15.3. The van der Waals surface area contributed by atoms with Crippen LogP contribution in [0.15, 0.2) is 18.2 Å². The van der Waals surface area contributed by atoms with Gasteiger partial charge in [-0.1, -0.05) is 13.3 Å². The summed E-state index contributed by atoms with van der Waals surface area (Å²) in [5.74, 6) is 0.809. The smallest absolute Gasteiger partial charge is 0.303 e. The number of benzene rings is 1. The van der Waals surface area contributed by atoms with Gasteiger partial charge < -0.3 is 14.4 Å². The second kappa shape index (κ2) is 6.41. The maximum Gasteiger partial charge on any atom is 0.303 e. The van der Waals surface area contributed by atoms with Gasteiger partial charge in [0.05, 0.1) is 24.6 Å². The maximum absolute atomic E-state index is 10.8. The van der Waals surface area contributed by atoms with Gasteiger partial charge in [-0.15, -0.1) is 0 Å². The fourth-order valence-corrected chi connectivity index (χ4v) is 2.26. The van der Waals surface area contributed by atoms with Gasteiger partial charge in [-0.05, 0) is 18.6 Å². The van der Waals surface area contributed by atoms with Crippen LogP contribution in [0.5, 0.6) is 5.75 Å². The van der Waals surface area contributed by atoms with E-state index in [-0.39, 0.29) is 6.42 Å². The second-order valence-corrected chi connectivity index (χ2v) is 4.78. The quantitative estimate of drug-likeness (QED) is 0.844. The van der Waals surface area contributed by atoms with Gasteiger partial charge in [0, 0.05) is 19.0 Å². The van der Waals surface area contributed by atoms with E-state index in [1.807, 2.05) is 18.2 Å². The van der Waals surface area contributed by atoms with E-state index in [4.69, 9.17) is 9.84 Å². The number of nitrogens with zero attached hydrogens (tertiary/aromatic N) is 2. The Kier molecular flexibility index (Phi) is 4.61. The number of unbranched alkanes of at least 4 members (excludes halogenated alkanes) is 1. The molecule has 20 heavy (non-hydrogen) atoms. The molecule has 5 nitrogen and oxygen atoms in total. The highest BCUT2D eigenvalue weighted by molar-refractivity contribution is 5.78. The Hall–Kier alpha value is -2.04. The summed E-state index contributed by atoms with van der Waals surface area (Å²) >= 11 is 0. The number of hydrogen-bond donors (Lipinski definition) is 1. The number of aryl methyl sites for hydroxylation is 2. The van der Waals surface area contributed by atoms with Gasteiger partial charge in [-0.2, -0.15) is 0 Å². The van der Waals surface area contributed by atoms with Crippen LogP contribution in [0.25, 0.3) is 11.0 Å². The van der Waals surface area contributed by atoms with Crippen LogP contribution >= 0.6 is 0 Å². The summed E-state index contributed by atoms with van der Waals surface area (Å²) in [5, 5.41) is 8.84. The molecule has 0 atom stereocenters. The van der Waals surface area contributed by atoms with Crippen LogP contribution in [-0.4, -0.2) is 27.7 Å². The molecule has 0 saturated heterocycles. The van der Waals surface area contributed by atoms with E-state index in [9.17, 15) is 4.79 Å². The predicted octanol–water partition coefficient (Wildman–Crippen LogP) is 2.86. The van der Waals surface area contributed by atoms with Crippen LogP contribution in [0, 0.1) is 0 Å². The number of carboxylic acids is 1. The lowest BCUT2D eigenvalue weighted by molar-refractivity contribution is -0.137. The summed E-state index contributed by atoms with van der Waals surface area (Å²) in [6, 6.07) is 5.79. The van der Waals surface area contributed by atoms with Crippen LogP contribution in [0.3, 0.4) is 0 Å². The zero-order valence-electron chi connectivity index (χ0n) is 11.9. The van der Waals surface area contributed by atoms with Gasteiger partial charge in [-0.25, -0.2) is 4.98 Å². The van der Waals surface area contributed by atoms with E-state index in [0.717, 1.165) is 42.0 Å². The molecular weight excluding hydrogens is 256 g/mol. The topological polar surface area (TPSA) is 64.4 Å². The zero-order chi connectivity index (χ0) is 14.5. The molecule has 2 aromatic rings. The van der Waals surface area contributed by atoms with Gasteiger partial charge in [0.1, 0.15) is 11.6 Å². The number of aliphatic carboxylic acids is 1. The molecule has 108 valence electrons. The Morgan fingerprint density at radius 2 is 2.25 bits per heavy atom. The molecule has 0 aliphatic heterocycles. The SMILES string of the molecule is CCCCn1c(CCC(=O)O)nc2cc(OC)ccc21. The molecule has 1 aromatic heterocycles. The van der Waals surface area contributed by atoms with Crippen LogP contribution in [-0.2, 0) is 17.8 Å². The Bertz CT molecular complexity index is 604. The summed E-state index contributed by atoms with van der Waals surface area (Å²) in [6.45, 7) is 3.01. The van der Waals surface area contributed by atoms with E-state index in [0.29, 0.717) is 6.42 Å². The molecule has 1 aromatic carbocycles. The summed E-state index contributed by atoms with van der Waals surface area (Å²) in [5.41, 5.74) is 1.90. The molecule has 0 spiro atoms. The highest BCUT2D eigenvalue weighted by Crippen LogP contribution is 2.23. The van der Waals surface area contributed by atoms with Gasteiger partial charge in [-0.3, -0.25) is 4.79 Å². The molecule has 1 N–H and O–H groups in total. The third-order valence-corrected chi connectivity index (χ3v) is 3.33. The van der Waals surface area contributed by atoms with Crippen molar-refractivity contribution < 1.29 is 14.6 Å². The number of aromatic nitrogens is 2. The minimum atomic E-state index is -0.795. The maximum atomic E-state index is 10.8. The molecule has 0 saturated carbocycles. The van der Waals surface area contributed by atoms with Crippen molar-refractivity contribution in [1.82, 2.24) is 9.55 Å². The molecular formula is C15H20N2O3. The van der Waals surface area contributed by atoms with Crippen molar-refractivity contribution >= 4 is 17.0 Å². The van der Waals surface area contributed by atoms with E-state index in [1.165, 1.54) is 0 Å². The monoisotopic (exact) mass is 276 g/mol. The average molecular weight is 276 g/mol. The number of imidazole rings is 1. The van der Waals surface area contributed by atoms with E-state index in [1.54, 1.807) is 7.11 Å². The number of ether oxygens (including phenoxy) is 1. The van der Waals surface area contributed by atoms with Crippen molar-refractivity contribution in [1.29, 1.82) is 0 Å². The number of hydrogen-bond acceptors (Lipinski definition) is 3. The average Bonchev–Trinajstić information content (AvgIpc) is 2.79. The van der Waals surface area contributed by atoms with Crippen LogP contribution < -0.4 is 4.74 Å². The van der Waals surface area contributed by atoms with Crippen molar-refractivity contribution in [3.05, 3.63) is 24.0 Å². The lowest BCUT2D eigenvalue weighted by atomic mass is 10.2. The molecule has 1 heterocycles. The van der Waals surface area contributed by atoms with Crippen molar-refractivity contribution in [3.8, 4) is 5.75 Å². The molecule has 0 unspecified atom stereocenters. The van der Waals surface area contributed by atoms with Crippen molar-refractivity contribution in [2.75, 3.05) is 7.11 Å². The lowest BCUT2D eigenvalue weighted by Crippen LogP contribution is -2.06. The third kappa shape index (κ3) is 3.10. The number of rotatable bonds is 7. The van der Waals surface area contributed by atoms with Gasteiger partial charge in [0.25, 0.3) is 0 Å². The zero-order valence-corrected chi connectivity index (χ0v) is 11.9. The molecule has 5 heteroatoms. The summed E-state index contributed by atoms with van der Waals surface area (Å²) in [7, 11) is 1.63. The molecule has 0 aliphatic carbocycles. The summed E-state index contributed by atoms with van der Waals surface area (Å²) in [6.07, 6.45) is 2.70. The number of fused-ring (bicyclic) bond motifs is 1.